The van der Waals surface area contributed by atoms with Gasteiger partial charge in [-0.25, -0.2) is 19.2 Å². The van der Waals surface area contributed by atoms with Gasteiger partial charge in [-0.15, -0.1) is 0 Å². The number of phenolic OH excluding ortho intramolecular Hbond substituents is 2. The van der Waals surface area contributed by atoms with Gasteiger partial charge in [-0.05, 0) is 24.3 Å². The summed E-state index contributed by atoms with van der Waals surface area (Å²) in [5, 5.41) is 112. The molecular formula is C34H24O25. The smallest absolute Gasteiger partial charge is 0.339 e. The molecule has 9 aliphatic rings. The number of carbonyl (C=O) groups excluding carboxylic acids is 7. The van der Waals surface area contributed by atoms with E-state index in [2.05, 4.69) is 0 Å². The number of esters is 4. The van der Waals surface area contributed by atoms with Gasteiger partial charge < -0.3 is 84.2 Å². The standard InChI is InChI=1S/C34H24O25/c35-10-1-6-15-16-7(2-12(36)30(47,29(16,45)46)57-21(15)19(10)39)26(42)55-22-20-11(53-28(44)23(22)56-25(6)41)5-52-24(40)8-3-13(37)31(48)33(50)17(8)18-9(27(43)54-20)4-14(38)32(49,58-31)34(18,51)59-33/h1-4,11,16-18,20,22-23,28,35,39,44-51H,5H2/t11-,16+,17?,18?,20-,22+,23-,28?,30+,31+,32-,33-,34+/m1/s1. The molecule has 1 aromatic rings. The Morgan fingerprint density at radius 2 is 1.14 bits per heavy atom. The molecule has 13 atom stereocenters. The van der Waals surface area contributed by atoms with Crippen LogP contribution in [0.2, 0.25) is 0 Å². The second kappa shape index (κ2) is 10.9. The summed E-state index contributed by atoms with van der Waals surface area (Å²) in [6.45, 7) is -1.15. The molecule has 4 fully saturated rings. The molecule has 0 amide bonds. The maximum absolute atomic E-state index is 14.3. The molecule has 4 saturated heterocycles. The van der Waals surface area contributed by atoms with E-state index >= 15 is 0 Å². The lowest BCUT2D eigenvalue weighted by Crippen LogP contribution is -2.78. The number of aliphatic hydroxyl groups is 8. The Kier molecular flexibility index (Phi) is 6.94. The van der Waals surface area contributed by atoms with Crippen LogP contribution in [-0.4, -0.2) is 164 Å². The van der Waals surface area contributed by atoms with Gasteiger partial charge in [-0.2, -0.15) is 0 Å². The van der Waals surface area contributed by atoms with Crippen LogP contribution in [0.1, 0.15) is 21.8 Å². The van der Waals surface area contributed by atoms with Crippen molar-refractivity contribution in [2.45, 2.75) is 71.3 Å². The van der Waals surface area contributed by atoms with Crippen LogP contribution in [0, 0.1) is 11.8 Å². The number of fused-ring (bicyclic) bond motifs is 4. The number of ether oxygens (including phenoxy) is 8. The lowest BCUT2D eigenvalue weighted by molar-refractivity contribution is -0.516. The normalized spacial score (nSPS) is 44.8. The third-order valence-electron chi connectivity index (χ3n) is 12.0. The number of phenols is 2. The number of carbonyl (C=O) groups is 7. The van der Waals surface area contributed by atoms with Gasteiger partial charge in [0.05, 0.1) is 40.0 Å². The monoisotopic (exact) mass is 832 g/mol. The number of benzene rings is 1. The predicted octanol–water partition coefficient (Wildman–Crippen LogP) is -6.85. The summed E-state index contributed by atoms with van der Waals surface area (Å²) < 4.78 is 42.6. The molecule has 0 saturated carbocycles. The first-order chi connectivity index (χ1) is 27.4. The Labute approximate surface area is 323 Å². The highest BCUT2D eigenvalue weighted by Gasteiger charge is 2.88. The number of cyclic esters (lactones) is 1. The van der Waals surface area contributed by atoms with E-state index in [-0.39, 0.29) is 0 Å². The molecule has 10 rings (SSSR count). The van der Waals surface area contributed by atoms with Crippen LogP contribution in [0.3, 0.4) is 0 Å². The van der Waals surface area contributed by atoms with Crippen molar-refractivity contribution in [3.05, 3.63) is 52.1 Å². The van der Waals surface area contributed by atoms with E-state index in [0.29, 0.717) is 24.3 Å². The van der Waals surface area contributed by atoms with Crippen molar-refractivity contribution in [1.82, 2.24) is 0 Å². The second-order valence-electron chi connectivity index (χ2n) is 14.9. The van der Waals surface area contributed by atoms with Crippen molar-refractivity contribution in [2.24, 2.45) is 11.8 Å². The van der Waals surface area contributed by atoms with Gasteiger partial charge in [0, 0.05) is 5.56 Å². The first-order valence-electron chi connectivity index (χ1n) is 17.1. The van der Waals surface area contributed by atoms with Gasteiger partial charge in [0.1, 0.15) is 12.7 Å². The molecule has 0 aromatic heterocycles. The Morgan fingerprint density at radius 1 is 0.610 bits per heavy atom. The number of hydrogen-bond acceptors (Lipinski definition) is 25. The number of hydrogen-bond donors (Lipinski definition) is 10. The maximum Gasteiger partial charge on any atom is 0.339 e. The van der Waals surface area contributed by atoms with Crippen LogP contribution in [0.5, 0.6) is 17.2 Å². The largest absolute Gasteiger partial charge is 0.504 e. The fourth-order valence-corrected chi connectivity index (χ4v) is 9.17. The van der Waals surface area contributed by atoms with Gasteiger partial charge in [-0.1, -0.05) is 0 Å². The van der Waals surface area contributed by atoms with Crippen molar-refractivity contribution in [1.29, 1.82) is 0 Å². The average molecular weight is 833 g/mol. The molecule has 6 aliphatic heterocycles. The summed E-state index contributed by atoms with van der Waals surface area (Å²) in [5.74, 6) is -44.7. The molecule has 0 spiro atoms. The zero-order valence-electron chi connectivity index (χ0n) is 28.7. The number of rotatable bonds is 0. The van der Waals surface area contributed by atoms with Crippen molar-refractivity contribution < 1.29 is 123 Å². The molecule has 25 heteroatoms. The van der Waals surface area contributed by atoms with E-state index in [9.17, 15) is 84.6 Å². The summed E-state index contributed by atoms with van der Waals surface area (Å²) in [5.41, 5.74) is -4.85. The van der Waals surface area contributed by atoms with Crippen molar-refractivity contribution in [2.75, 3.05) is 6.61 Å². The maximum atomic E-state index is 14.3. The van der Waals surface area contributed by atoms with Gasteiger partial charge in [-0.3, -0.25) is 19.1 Å². The average Bonchev–Trinajstić information content (AvgIpc) is 3.40. The third-order valence-corrected chi connectivity index (χ3v) is 12.0. The van der Waals surface area contributed by atoms with Crippen LogP contribution >= 0.6 is 0 Å². The summed E-state index contributed by atoms with van der Waals surface area (Å²) >= 11 is 0. The lowest BCUT2D eigenvalue weighted by Gasteiger charge is -2.52. The van der Waals surface area contributed by atoms with Crippen LogP contribution in [0.15, 0.2) is 41.0 Å². The quantitative estimate of drug-likeness (QED) is 0.0502. The van der Waals surface area contributed by atoms with Gasteiger partial charge >= 0.3 is 29.7 Å². The SMILES string of the molecule is O=C1O[C@H]2[C@@H]3OC(=O)C4=CC(=O)[C@]5(O)Oc6c(O)c(O)cc(c6[C@H]4C5(O)O)C(=O)O[C@H]3C(O)O[C@@H]2COC(=O)C2=CC(=O)[C@]3(O)O[C@]4(O)C(=O)C=C1C1C2[C@@]3(O)O[C@@]14O. The minimum absolute atomic E-state index is 0.291. The van der Waals surface area contributed by atoms with E-state index in [1.165, 1.54) is 0 Å². The molecule has 25 nitrogen and oxygen atoms in total. The zero-order valence-corrected chi connectivity index (χ0v) is 28.7. The van der Waals surface area contributed by atoms with Crippen LogP contribution in [0.25, 0.3) is 0 Å². The topological polar surface area (TPSA) is 396 Å². The third kappa shape index (κ3) is 4.11. The first-order valence-corrected chi connectivity index (χ1v) is 17.1. The Hall–Kier alpha value is -5.71. The van der Waals surface area contributed by atoms with Gasteiger partial charge in [0.15, 0.2) is 36.1 Å². The number of aliphatic hydroxyl groups excluding tert-OH is 1. The second-order valence-corrected chi connectivity index (χ2v) is 14.9. The summed E-state index contributed by atoms with van der Waals surface area (Å²) in [6.07, 6.45) is -10.5. The molecule has 59 heavy (non-hydrogen) atoms. The fraction of sp³-hybridized carbons (Fsp3) is 0.441. The number of ketones is 3. The molecule has 10 N–H and O–H groups in total. The van der Waals surface area contributed by atoms with Gasteiger partial charge in [0.2, 0.25) is 34.7 Å². The molecular weight excluding hydrogens is 808 g/mol. The lowest BCUT2D eigenvalue weighted by atomic mass is 9.67. The molecule has 310 valence electrons. The number of aromatic hydroxyl groups is 2. The Morgan fingerprint density at radius 3 is 1.76 bits per heavy atom. The van der Waals surface area contributed by atoms with Crippen molar-refractivity contribution in [3.63, 3.8) is 0 Å². The minimum Gasteiger partial charge on any atom is -0.504 e. The summed E-state index contributed by atoms with van der Waals surface area (Å²) in [7, 11) is 0. The zero-order chi connectivity index (χ0) is 42.5. The molecule has 0 radical (unpaired) electrons. The first kappa shape index (κ1) is 37.6. The Bertz CT molecular complexity index is 2430. The minimum atomic E-state index is -3.86. The van der Waals surface area contributed by atoms with E-state index < -0.39 is 176 Å². The molecule has 4 bridgehead atoms. The van der Waals surface area contributed by atoms with E-state index in [1.54, 1.807) is 0 Å². The van der Waals surface area contributed by atoms with Crippen LogP contribution < -0.4 is 4.74 Å². The van der Waals surface area contributed by atoms with Crippen LogP contribution in [-0.2, 0) is 61.9 Å². The van der Waals surface area contributed by atoms with Crippen LogP contribution in [0.4, 0.5) is 0 Å². The van der Waals surface area contributed by atoms with Gasteiger partial charge in [0.25, 0.3) is 17.4 Å². The summed E-state index contributed by atoms with van der Waals surface area (Å²) in [4.78, 5) is 96.0. The van der Waals surface area contributed by atoms with E-state index in [4.69, 9.17) is 37.9 Å². The van der Waals surface area contributed by atoms with E-state index in [0.717, 1.165) is 0 Å². The van der Waals surface area contributed by atoms with Crippen molar-refractivity contribution >= 4 is 41.2 Å². The molecule has 6 heterocycles. The Balaban J connectivity index is 1.13. The highest BCUT2D eigenvalue weighted by atomic mass is 16.9. The highest BCUT2D eigenvalue weighted by molar-refractivity contribution is 6.11. The highest BCUT2D eigenvalue weighted by Crippen LogP contribution is 2.66. The molecule has 3 unspecified atom stereocenters. The molecule has 3 aliphatic carbocycles. The fourth-order valence-electron chi connectivity index (χ4n) is 9.17. The molecule has 1 aromatic carbocycles. The predicted molar refractivity (Wildman–Crippen MR) is 164 cm³/mol. The van der Waals surface area contributed by atoms with E-state index in [1.807, 2.05) is 0 Å². The summed E-state index contributed by atoms with van der Waals surface area (Å²) in [6, 6.07) is 0.498. The van der Waals surface area contributed by atoms with Crippen molar-refractivity contribution in [3.8, 4) is 17.2 Å².